The van der Waals surface area contributed by atoms with Crippen molar-refractivity contribution in [3.05, 3.63) is 42.1 Å². The summed E-state index contributed by atoms with van der Waals surface area (Å²) in [7, 11) is 0. The zero-order chi connectivity index (χ0) is 13.6. The molecular weight excluding hydrogens is 248 g/mol. The number of aliphatic imine (C=N–C) groups is 1. The lowest BCUT2D eigenvalue weighted by atomic mass is 10.1. The van der Waals surface area contributed by atoms with Gasteiger partial charge in [-0.3, -0.25) is 4.99 Å². The van der Waals surface area contributed by atoms with E-state index in [1.807, 2.05) is 12.4 Å². The minimum atomic E-state index is 0.378. The van der Waals surface area contributed by atoms with Crippen LogP contribution in [0.4, 0.5) is 5.69 Å². The highest BCUT2D eigenvalue weighted by Gasteiger charge is 2.20. The maximum Gasteiger partial charge on any atom is 0.0750 e. The summed E-state index contributed by atoms with van der Waals surface area (Å²) in [6.07, 6.45) is 8.96. The number of rotatable bonds is 5. The first-order valence-electron chi connectivity index (χ1n) is 7.53. The van der Waals surface area contributed by atoms with Crippen LogP contribution in [-0.2, 0) is 4.74 Å². The number of ether oxygens (including phenoxy) is 1. The van der Waals surface area contributed by atoms with Gasteiger partial charge in [0.2, 0.25) is 0 Å². The van der Waals surface area contributed by atoms with Crippen molar-refractivity contribution in [2.45, 2.75) is 31.8 Å². The Hall–Kier alpha value is -1.61. The van der Waals surface area contributed by atoms with Crippen molar-refractivity contribution >= 4 is 11.9 Å². The topological polar surface area (TPSA) is 24.8 Å². The molecule has 2 heterocycles. The first-order valence-corrected chi connectivity index (χ1v) is 7.53. The van der Waals surface area contributed by atoms with Crippen LogP contribution in [0.5, 0.6) is 0 Å². The molecule has 0 spiro atoms. The van der Waals surface area contributed by atoms with Gasteiger partial charge in [-0.25, -0.2) is 0 Å². The quantitative estimate of drug-likeness (QED) is 0.819. The molecule has 0 radical (unpaired) electrons. The van der Waals surface area contributed by atoms with Crippen LogP contribution in [0, 0.1) is 0 Å². The summed E-state index contributed by atoms with van der Waals surface area (Å²) in [5.74, 6) is 0. The molecule has 0 aliphatic carbocycles. The van der Waals surface area contributed by atoms with Gasteiger partial charge in [0.25, 0.3) is 0 Å². The highest BCUT2D eigenvalue weighted by Crippen LogP contribution is 2.21. The average molecular weight is 270 g/mol. The van der Waals surface area contributed by atoms with Crippen molar-refractivity contribution in [1.82, 2.24) is 0 Å². The molecule has 0 saturated carbocycles. The predicted octanol–water partition coefficient (Wildman–Crippen LogP) is 3.42. The van der Waals surface area contributed by atoms with Gasteiger partial charge in [0.15, 0.2) is 0 Å². The highest BCUT2D eigenvalue weighted by molar-refractivity contribution is 5.60. The molecule has 2 aliphatic rings. The molecule has 3 rings (SSSR count). The fourth-order valence-corrected chi connectivity index (χ4v) is 2.85. The fraction of sp³-hybridized carbons (Fsp3) is 0.471. The van der Waals surface area contributed by atoms with Gasteiger partial charge in [-0.2, -0.15) is 0 Å². The van der Waals surface area contributed by atoms with E-state index < -0.39 is 0 Å². The summed E-state index contributed by atoms with van der Waals surface area (Å²) in [5, 5.41) is 0. The molecule has 1 unspecified atom stereocenters. The van der Waals surface area contributed by atoms with E-state index in [1.165, 1.54) is 24.1 Å². The Balaban J connectivity index is 1.72. The zero-order valence-corrected chi connectivity index (χ0v) is 11.9. The van der Waals surface area contributed by atoms with Crippen LogP contribution in [0.25, 0.3) is 0 Å². The number of anilines is 1. The molecular formula is C17H22N2O. The van der Waals surface area contributed by atoms with Crippen LogP contribution in [-0.4, -0.2) is 32.0 Å². The molecule has 0 amide bonds. The van der Waals surface area contributed by atoms with Crippen molar-refractivity contribution in [2.24, 2.45) is 4.99 Å². The van der Waals surface area contributed by atoms with Crippen LogP contribution >= 0.6 is 0 Å². The molecule has 3 heteroatoms. The summed E-state index contributed by atoms with van der Waals surface area (Å²) >= 11 is 0. The third kappa shape index (κ3) is 3.48. The molecule has 1 aromatic carbocycles. The first-order chi connectivity index (χ1) is 9.92. The fourth-order valence-electron chi connectivity index (χ4n) is 2.85. The Kier molecular flexibility index (Phi) is 4.49. The molecule has 0 bridgehead atoms. The summed E-state index contributed by atoms with van der Waals surface area (Å²) < 4.78 is 5.80. The summed E-state index contributed by atoms with van der Waals surface area (Å²) in [5.41, 5.74) is 2.69. The van der Waals surface area contributed by atoms with E-state index in [1.54, 1.807) is 0 Å². The lowest BCUT2D eigenvalue weighted by Gasteiger charge is -2.28. The second-order valence-electron chi connectivity index (χ2n) is 5.51. The van der Waals surface area contributed by atoms with Gasteiger partial charge in [-0.05, 0) is 43.4 Å². The van der Waals surface area contributed by atoms with Crippen LogP contribution in [0.3, 0.4) is 0 Å². The number of hydrogen-bond donors (Lipinski definition) is 0. The van der Waals surface area contributed by atoms with Gasteiger partial charge in [0.05, 0.1) is 6.10 Å². The molecule has 1 saturated heterocycles. The van der Waals surface area contributed by atoms with Crippen LogP contribution in [0.1, 0.15) is 25.7 Å². The Morgan fingerprint density at radius 3 is 2.85 bits per heavy atom. The van der Waals surface area contributed by atoms with Crippen LogP contribution < -0.4 is 4.90 Å². The average Bonchev–Trinajstić information content (AvgIpc) is 3.02. The lowest BCUT2D eigenvalue weighted by molar-refractivity contribution is 0.116. The second kappa shape index (κ2) is 6.71. The van der Waals surface area contributed by atoms with Gasteiger partial charge in [0.1, 0.15) is 0 Å². The smallest absolute Gasteiger partial charge is 0.0750 e. The molecule has 106 valence electrons. The monoisotopic (exact) mass is 270 g/mol. The van der Waals surface area contributed by atoms with E-state index in [-0.39, 0.29) is 0 Å². The standard InChI is InChI=1S/C17H22N2O/c1-2-7-16(8-3-1)19(14-17-9-5-11-20-17)13-15-6-4-10-18-12-15/h1-3,7-8,10,12,17H,4-6,9,11,13-14H2. The van der Waals surface area contributed by atoms with Crippen LogP contribution in [0.15, 0.2) is 47.1 Å². The summed E-state index contributed by atoms with van der Waals surface area (Å²) in [4.78, 5) is 6.73. The Bertz CT molecular complexity index is 475. The molecule has 20 heavy (non-hydrogen) atoms. The van der Waals surface area contributed by atoms with Gasteiger partial charge in [0, 0.05) is 37.8 Å². The minimum Gasteiger partial charge on any atom is -0.376 e. The van der Waals surface area contributed by atoms with Crippen molar-refractivity contribution in [3.63, 3.8) is 0 Å². The van der Waals surface area contributed by atoms with E-state index in [2.05, 4.69) is 40.2 Å². The third-order valence-electron chi connectivity index (χ3n) is 3.92. The number of para-hydroxylation sites is 1. The second-order valence-corrected chi connectivity index (χ2v) is 5.51. The van der Waals surface area contributed by atoms with Crippen molar-refractivity contribution in [1.29, 1.82) is 0 Å². The highest BCUT2D eigenvalue weighted by atomic mass is 16.5. The largest absolute Gasteiger partial charge is 0.376 e. The molecule has 0 N–H and O–H groups in total. The Morgan fingerprint density at radius 1 is 1.25 bits per heavy atom. The maximum absolute atomic E-state index is 5.80. The molecule has 2 aliphatic heterocycles. The molecule has 1 atom stereocenters. The van der Waals surface area contributed by atoms with E-state index in [0.29, 0.717) is 6.10 Å². The van der Waals surface area contributed by atoms with Gasteiger partial charge in [-0.15, -0.1) is 0 Å². The molecule has 1 fully saturated rings. The van der Waals surface area contributed by atoms with E-state index in [4.69, 9.17) is 4.74 Å². The maximum atomic E-state index is 5.80. The molecule has 1 aromatic rings. The summed E-state index contributed by atoms with van der Waals surface area (Å²) in [6, 6.07) is 10.6. The van der Waals surface area contributed by atoms with Crippen molar-refractivity contribution in [3.8, 4) is 0 Å². The number of hydrogen-bond acceptors (Lipinski definition) is 3. The lowest BCUT2D eigenvalue weighted by Crippen LogP contribution is -2.34. The number of nitrogens with zero attached hydrogens (tertiary/aromatic N) is 2. The third-order valence-corrected chi connectivity index (χ3v) is 3.92. The zero-order valence-electron chi connectivity index (χ0n) is 11.9. The van der Waals surface area contributed by atoms with E-state index >= 15 is 0 Å². The van der Waals surface area contributed by atoms with Gasteiger partial charge >= 0.3 is 0 Å². The Labute approximate surface area is 121 Å². The molecule has 3 nitrogen and oxygen atoms in total. The van der Waals surface area contributed by atoms with E-state index in [9.17, 15) is 0 Å². The van der Waals surface area contributed by atoms with Gasteiger partial charge in [-0.1, -0.05) is 18.2 Å². The van der Waals surface area contributed by atoms with Crippen LogP contribution in [0.2, 0.25) is 0 Å². The van der Waals surface area contributed by atoms with Crippen molar-refractivity contribution < 1.29 is 4.74 Å². The first kappa shape index (κ1) is 13.4. The predicted molar refractivity (Wildman–Crippen MR) is 83.4 cm³/mol. The van der Waals surface area contributed by atoms with Gasteiger partial charge < -0.3 is 9.64 Å². The number of benzene rings is 1. The Morgan fingerprint density at radius 2 is 2.15 bits per heavy atom. The SMILES string of the molecule is C1=NC=C(CN(CC2CCCO2)c2ccccc2)CC1. The normalized spacial score (nSPS) is 21.8. The molecule has 0 aromatic heterocycles. The van der Waals surface area contributed by atoms with Crippen molar-refractivity contribution in [2.75, 3.05) is 24.6 Å². The van der Waals surface area contributed by atoms with E-state index in [0.717, 1.165) is 32.5 Å². The minimum absolute atomic E-state index is 0.378. The summed E-state index contributed by atoms with van der Waals surface area (Å²) in [6.45, 7) is 2.85.